The molecule has 3 rings (SSSR count). The lowest BCUT2D eigenvalue weighted by molar-refractivity contribution is 0.0992. The largest absolute Gasteiger partial charge is 0.455 e. The number of furan rings is 1. The number of hydrogen-bond donors (Lipinski definition) is 3. The molecule has 0 spiro atoms. The number of hydrazone groups is 1. The Morgan fingerprint density at radius 1 is 1.25 bits per heavy atom. The van der Waals surface area contributed by atoms with Crippen LogP contribution in [0.4, 0.5) is 10.5 Å². The van der Waals surface area contributed by atoms with Crippen LogP contribution in [0.2, 0.25) is 5.02 Å². The molecular weight excluding hydrogens is 380 g/mol. The standard InChI is InChI=1S/C20H23ClN4O3/c1-10-5-6-12(21)7-13(10)23-18(26)17-11(2)16-14(24-25-19(22)27)8-20(3,4)9-15(16)28-17/h5-7H,8-9H2,1-4H3,(H,23,26)(H3,22,25,27)/b24-14-. The number of urea groups is 1. The van der Waals surface area contributed by atoms with Crippen LogP contribution in [0.15, 0.2) is 27.7 Å². The molecule has 7 nitrogen and oxygen atoms in total. The molecule has 0 atom stereocenters. The highest BCUT2D eigenvalue weighted by Crippen LogP contribution is 2.39. The molecule has 1 aromatic carbocycles. The van der Waals surface area contributed by atoms with Crippen LogP contribution >= 0.6 is 11.6 Å². The van der Waals surface area contributed by atoms with Gasteiger partial charge >= 0.3 is 6.03 Å². The van der Waals surface area contributed by atoms with Crippen molar-refractivity contribution in [2.75, 3.05) is 5.32 Å². The van der Waals surface area contributed by atoms with Gasteiger partial charge in [0.15, 0.2) is 5.76 Å². The van der Waals surface area contributed by atoms with Crippen LogP contribution in [0.1, 0.15) is 53.3 Å². The van der Waals surface area contributed by atoms with Crippen LogP contribution in [0.25, 0.3) is 0 Å². The molecular formula is C20H23ClN4O3. The zero-order valence-corrected chi connectivity index (χ0v) is 17.0. The Kier molecular flexibility index (Phi) is 5.21. The van der Waals surface area contributed by atoms with E-state index < -0.39 is 6.03 Å². The topological polar surface area (TPSA) is 110 Å². The van der Waals surface area contributed by atoms with Gasteiger partial charge in [0.1, 0.15) is 5.76 Å². The fourth-order valence-electron chi connectivity index (χ4n) is 3.46. The number of amides is 3. The molecule has 1 aliphatic rings. The van der Waals surface area contributed by atoms with Crippen molar-refractivity contribution in [3.8, 4) is 0 Å². The van der Waals surface area contributed by atoms with Gasteiger partial charge in [-0.3, -0.25) is 4.79 Å². The lowest BCUT2D eigenvalue weighted by Gasteiger charge is -2.29. The van der Waals surface area contributed by atoms with E-state index in [4.69, 9.17) is 21.8 Å². The summed E-state index contributed by atoms with van der Waals surface area (Å²) in [6.45, 7) is 7.83. The smallest absolute Gasteiger partial charge is 0.332 e. The fourth-order valence-corrected chi connectivity index (χ4v) is 3.63. The van der Waals surface area contributed by atoms with Crippen molar-refractivity contribution < 1.29 is 14.0 Å². The molecule has 148 valence electrons. The van der Waals surface area contributed by atoms with E-state index in [1.807, 2.05) is 13.0 Å². The van der Waals surface area contributed by atoms with Gasteiger partial charge in [-0.05, 0) is 43.4 Å². The number of anilines is 1. The van der Waals surface area contributed by atoms with Crippen LogP contribution < -0.4 is 16.5 Å². The summed E-state index contributed by atoms with van der Waals surface area (Å²) in [5, 5.41) is 7.53. The van der Waals surface area contributed by atoms with Gasteiger partial charge < -0.3 is 15.5 Å². The summed E-state index contributed by atoms with van der Waals surface area (Å²) in [6, 6.07) is 4.55. The van der Waals surface area contributed by atoms with E-state index in [-0.39, 0.29) is 17.1 Å². The van der Waals surface area contributed by atoms with Gasteiger partial charge in [-0.15, -0.1) is 0 Å². The highest BCUT2D eigenvalue weighted by Gasteiger charge is 2.36. The van der Waals surface area contributed by atoms with Crippen LogP contribution in [-0.4, -0.2) is 17.6 Å². The number of aryl methyl sites for hydroxylation is 1. The van der Waals surface area contributed by atoms with Crippen molar-refractivity contribution in [2.45, 2.75) is 40.5 Å². The molecule has 1 heterocycles. The molecule has 0 saturated carbocycles. The molecule has 0 saturated heterocycles. The zero-order chi connectivity index (χ0) is 20.6. The van der Waals surface area contributed by atoms with Crippen molar-refractivity contribution in [3.63, 3.8) is 0 Å². The molecule has 3 amide bonds. The lowest BCUT2D eigenvalue weighted by atomic mass is 9.75. The van der Waals surface area contributed by atoms with Gasteiger partial charge in [-0.25, -0.2) is 10.2 Å². The quantitative estimate of drug-likeness (QED) is 0.670. The lowest BCUT2D eigenvalue weighted by Crippen LogP contribution is -2.31. The summed E-state index contributed by atoms with van der Waals surface area (Å²) in [5.41, 5.74) is 10.9. The third-order valence-electron chi connectivity index (χ3n) is 4.75. The van der Waals surface area contributed by atoms with E-state index in [1.165, 1.54) is 0 Å². The normalized spacial score (nSPS) is 16.5. The Hall–Kier alpha value is -2.80. The monoisotopic (exact) mass is 402 g/mol. The maximum atomic E-state index is 12.9. The second-order valence-electron chi connectivity index (χ2n) is 7.82. The summed E-state index contributed by atoms with van der Waals surface area (Å²) in [5.74, 6) is 0.526. The molecule has 1 aliphatic carbocycles. The first-order valence-electron chi connectivity index (χ1n) is 8.89. The maximum Gasteiger partial charge on any atom is 0.332 e. The minimum Gasteiger partial charge on any atom is -0.455 e. The fraction of sp³-hybridized carbons (Fsp3) is 0.350. The van der Waals surface area contributed by atoms with E-state index in [2.05, 4.69) is 29.7 Å². The second-order valence-corrected chi connectivity index (χ2v) is 8.26. The molecule has 0 fully saturated rings. The van der Waals surface area contributed by atoms with E-state index in [0.717, 1.165) is 11.1 Å². The van der Waals surface area contributed by atoms with E-state index >= 15 is 0 Å². The maximum absolute atomic E-state index is 12.9. The molecule has 28 heavy (non-hydrogen) atoms. The highest BCUT2D eigenvalue weighted by molar-refractivity contribution is 6.31. The predicted octanol–water partition coefficient (Wildman–Crippen LogP) is 4.15. The number of hydrogen-bond acceptors (Lipinski definition) is 4. The summed E-state index contributed by atoms with van der Waals surface area (Å²) in [7, 11) is 0. The van der Waals surface area contributed by atoms with Crippen molar-refractivity contribution in [1.29, 1.82) is 0 Å². The molecule has 0 radical (unpaired) electrons. The van der Waals surface area contributed by atoms with Gasteiger partial charge in [0, 0.05) is 28.3 Å². The Morgan fingerprint density at radius 3 is 2.64 bits per heavy atom. The van der Waals surface area contributed by atoms with Gasteiger partial charge in [0.25, 0.3) is 5.91 Å². The minimum absolute atomic E-state index is 0.132. The number of nitrogens with zero attached hydrogens (tertiary/aromatic N) is 1. The number of carbonyl (C=O) groups excluding carboxylic acids is 2. The summed E-state index contributed by atoms with van der Waals surface area (Å²) in [4.78, 5) is 24.0. The summed E-state index contributed by atoms with van der Waals surface area (Å²) >= 11 is 6.04. The first-order chi connectivity index (χ1) is 13.1. The number of primary amides is 1. The number of rotatable bonds is 3. The van der Waals surface area contributed by atoms with Gasteiger partial charge in [-0.1, -0.05) is 31.5 Å². The molecule has 1 aromatic heterocycles. The summed E-state index contributed by atoms with van der Waals surface area (Å²) < 4.78 is 5.94. The highest BCUT2D eigenvalue weighted by atomic mass is 35.5. The average Bonchev–Trinajstić information content (AvgIpc) is 2.91. The minimum atomic E-state index is -0.743. The number of carbonyl (C=O) groups is 2. The number of nitrogens with two attached hydrogens (primary N) is 1. The Balaban J connectivity index is 1.99. The third kappa shape index (κ3) is 4.04. The van der Waals surface area contributed by atoms with Crippen LogP contribution in [0.3, 0.4) is 0 Å². The predicted molar refractivity (Wildman–Crippen MR) is 109 cm³/mol. The van der Waals surface area contributed by atoms with Gasteiger partial charge in [0.2, 0.25) is 0 Å². The van der Waals surface area contributed by atoms with Crippen molar-refractivity contribution in [1.82, 2.24) is 5.43 Å². The number of nitrogens with one attached hydrogen (secondary N) is 2. The van der Waals surface area contributed by atoms with E-state index in [1.54, 1.807) is 19.1 Å². The van der Waals surface area contributed by atoms with Crippen molar-refractivity contribution in [2.24, 2.45) is 16.3 Å². The van der Waals surface area contributed by atoms with Crippen molar-refractivity contribution >= 4 is 34.9 Å². The molecule has 8 heteroatoms. The number of fused-ring (bicyclic) bond motifs is 1. The molecule has 4 N–H and O–H groups in total. The Morgan fingerprint density at radius 2 is 1.96 bits per heavy atom. The van der Waals surface area contributed by atoms with Crippen LogP contribution in [0.5, 0.6) is 0 Å². The van der Waals surface area contributed by atoms with Crippen LogP contribution in [-0.2, 0) is 6.42 Å². The number of benzene rings is 1. The molecule has 0 bridgehead atoms. The number of halogens is 1. The van der Waals surface area contributed by atoms with Gasteiger partial charge in [0.05, 0.1) is 5.71 Å². The van der Waals surface area contributed by atoms with E-state index in [0.29, 0.717) is 40.6 Å². The SMILES string of the molecule is Cc1ccc(Cl)cc1NC(=O)c1oc2c(c1C)/C(=N\NC(N)=O)CC(C)(C)C2. The van der Waals surface area contributed by atoms with E-state index in [9.17, 15) is 9.59 Å². The first-order valence-corrected chi connectivity index (χ1v) is 9.27. The second kappa shape index (κ2) is 7.31. The molecule has 0 aliphatic heterocycles. The van der Waals surface area contributed by atoms with Crippen molar-refractivity contribution in [3.05, 3.63) is 51.4 Å². The third-order valence-corrected chi connectivity index (χ3v) is 4.98. The molecule has 2 aromatic rings. The zero-order valence-electron chi connectivity index (χ0n) is 16.3. The average molecular weight is 403 g/mol. The Bertz CT molecular complexity index is 992. The van der Waals surface area contributed by atoms with Gasteiger partial charge in [-0.2, -0.15) is 5.10 Å². The Labute approximate surface area is 168 Å². The molecule has 0 unspecified atom stereocenters. The first kappa shape index (κ1) is 19.9. The van der Waals surface area contributed by atoms with Crippen LogP contribution in [0, 0.1) is 19.3 Å². The summed E-state index contributed by atoms with van der Waals surface area (Å²) in [6.07, 6.45) is 1.28.